The molecule has 8 heteroatoms. The Labute approximate surface area is 176 Å². The molecule has 0 saturated heterocycles. The van der Waals surface area contributed by atoms with Gasteiger partial charge in [0.15, 0.2) is 11.5 Å². The molecule has 112 valence electrons. The third-order valence-corrected chi connectivity index (χ3v) is 2.90. The van der Waals surface area contributed by atoms with Crippen LogP contribution < -0.4 is 51.4 Å². The summed E-state index contributed by atoms with van der Waals surface area (Å²) in [6.07, 6.45) is 0. The molecule has 0 unspecified atom stereocenters. The molecule has 0 atom stereocenters. The number of rotatable bonds is 3. The standard InChI is InChI=1S/C14H13ClN2O4.K.H/c1-14(2,3)13(19)10(7-16)12(18)9-5-4-8(15)6-11(9)17(20)21;;/h4-6,18H,1-3H3;;/q;+1;-1. The average molecular weight is 349 g/mol. The monoisotopic (exact) mass is 348 g/mol. The van der Waals surface area contributed by atoms with Crippen LogP contribution >= 0.6 is 11.6 Å². The van der Waals surface area contributed by atoms with Gasteiger partial charge in [0, 0.05) is 16.5 Å². The Kier molecular flexibility index (Phi) is 7.92. The number of aliphatic hydroxyl groups is 1. The number of halogens is 1. The van der Waals surface area contributed by atoms with Gasteiger partial charge in [-0.3, -0.25) is 14.9 Å². The minimum absolute atomic E-state index is 0. The van der Waals surface area contributed by atoms with Crippen molar-refractivity contribution in [1.82, 2.24) is 0 Å². The van der Waals surface area contributed by atoms with Crippen LogP contribution in [0.5, 0.6) is 0 Å². The van der Waals surface area contributed by atoms with E-state index in [1.54, 1.807) is 26.8 Å². The predicted octanol–water partition coefficient (Wildman–Crippen LogP) is 0.773. The molecule has 0 amide bonds. The third kappa shape index (κ3) is 4.88. The molecule has 1 aromatic carbocycles. The number of nitrogens with zero attached hydrogens (tertiary/aromatic N) is 2. The summed E-state index contributed by atoms with van der Waals surface area (Å²) in [7, 11) is 0. The number of carbonyl (C=O) groups excluding carboxylic acids is 1. The first-order chi connectivity index (χ1) is 9.59. The fraction of sp³-hybridized carbons (Fsp3) is 0.286. The Morgan fingerprint density at radius 2 is 2.00 bits per heavy atom. The van der Waals surface area contributed by atoms with Gasteiger partial charge in [-0.15, -0.1) is 0 Å². The summed E-state index contributed by atoms with van der Waals surface area (Å²) in [5.74, 6) is -1.33. The summed E-state index contributed by atoms with van der Waals surface area (Å²) in [4.78, 5) is 22.4. The summed E-state index contributed by atoms with van der Waals surface area (Å²) in [5, 5.41) is 30.3. The quantitative estimate of drug-likeness (QED) is 0.217. The van der Waals surface area contributed by atoms with E-state index in [-0.39, 0.29) is 63.4 Å². The van der Waals surface area contributed by atoms with Gasteiger partial charge in [-0.25, -0.2) is 0 Å². The van der Waals surface area contributed by atoms with Gasteiger partial charge in [-0.1, -0.05) is 32.4 Å². The number of ketones is 1. The maximum atomic E-state index is 12.1. The zero-order valence-electron chi connectivity index (χ0n) is 13.7. The predicted molar refractivity (Wildman–Crippen MR) is 78.8 cm³/mol. The van der Waals surface area contributed by atoms with E-state index in [4.69, 9.17) is 16.9 Å². The topological polar surface area (TPSA) is 104 Å². The normalized spacial score (nSPS) is 11.8. The zero-order valence-corrected chi connectivity index (χ0v) is 16.6. The average Bonchev–Trinajstić information content (AvgIpc) is 2.37. The van der Waals surface area contributed by atoms with Crippen LogP contribution in [-0.4, -0.2) is 15.8 Å². The van der Waals surface area contributed by atoms with E-state index in [1.807, 2.05) is 0 Å². The van der Waals surface area contributed by atoms with Crippen molar-refractivity contribution in [3.63, 3.8) is 0 Å². The molecule has 1 rings (SSSR count). The van der Waals surface area contributed by atoms with Crippen LogP contribution in [-0.2, 0) is 4.79 Å². The van der Waals surface area contributed by atoms with Crippen molar-refractivity contribution in [1.29, 1.82) is 5.26 Å². The molecule has 1 aromatic rings. The van der Waals surface area contributed by atoms with Crippen LogP contribution in [0.2, 0.25) is 5.02 Å². The van der Waals surface area contributed by atoms with Crippen molar-refractivity contribution >= 4 is 28.8 Å². The van der Waals surface area contributed by atoms with Crippen molar-refractivity contribution in [3.8, 4) is 6.07 Å². The van der Waals surface area contributed by atoms with Gasteiger partial charge in [0.1, 0.15) is 11.6 Å². The SMILES string of the molecule is CC(C)(C)C(=O)C(C#N)=C(O)c1ccc(Cl)cc1[N+](=O)[O-].[H-].[K+]. The molecule has 0 aromatic heterocycles. The van der Waals surface area contributed by atoms with E-state index in [0.29, 0.717) is 0 Å². The van der Waals surface area contributed by atoms with Crippen molar-refractivity contribution in [2.75, 3.05) is 0 Å². The number of Topliss-reactive ketones (excluding diaryl/α,β-unsaturated/α-hetero) is 1. The Bertz CT molecular complexity index is 693. The molecule has 0 fully saturated rings. The van der Waals surface area contributed by atoms with Crippen molar-refractivity contribution < 1.29 is 67.6 Å². The largest absolute Gasteiger partial charge is 1.00 e. The van der Waals surface area contributed by atoms with E-state index < -0.39 is 33.1 Å². The van der Waals surface area contributed by atoms with Crippen LogP contribution in [0, 0.1) is 26.9 Å². The van der Waals surface area contributed by atoms with E-state index >= 15 is 0 Å². The number of aliphatic hydroxyl groups excluding tert-OH is 1. The first kappa shape index (κ1) is 21.2. The molecule has 0 bridgehead atoms. The second-order valence-electron chi connectivity index (χ2n) is 5.33. The molecule has 0 aliphatic rings. The number of allylic oxidation sites excluding steroid dienone is 1. The molecule has 0 radical (unpaired) electrons. The summed E-state index contributed by atoms with van der Waals surface area (Å²) >= 11 is 5.68. The van der Waals surface area contributed by atoms with Crippen LogP contribution in [0.15, 0.2) is 23.8 Å². The number of carbonyl (C=O) groups is 1. The molecular formula is C14H14ClKN2O4. The van der Waals surface area contributed by atoms with Crippen molar-refractivity contribution in [2.24, 2.45) is 5.41 Å². The Morgan fingerprint density at radius 3 is 2.41 bits per heavy atom. The Morgan fingerprint density at radius 1 is 1.45 bits per heavy atom. The first-order valence-electron chi connectivity index (χ1n) is 5.92. The van der Waals surface area contributed by atoms with Crippen LogP contribution in [0.4, 0.5) is 5.69 Å². The number of nitro groups is 1. The van der Waals surface area contributed by atoms with Gasteiger partial charge in [0.2, 0.25) is 0 Å². The maximum Gasteiger partial charge on any atom is 1.00 e. The molecule has 0 saturated carbocycles. The summed E-state index contributed by atoms with van der Waals surface area (Å²) in [5.41, 5.74) is -2.12. The Balaban J connectivity index is 0. The van der Waals surface area contributed by atoms with Crippen molar-refractivity contribution in [2.45, 2.75) is 20.8 Å². The zero-order chi connectivity index (χ0) is 16.4. The molecule has 22 heavy (non-hydrogen) atoms. The Hall–Kier alpha value is -0.754. The molecule has 0 aliphatic carbocycles. The smallest absolute Gasteiger partial charge is 1.00 e. The minimum atomic E-state index is -0.903. The van der Waals surface area contributed by atoms with E-state index in [9.17, 15) is 20.0 Å². The number of nitro benzene ring substituents is 1. The van der Waals surface area contributed by atoms with Gasteiger partial charge < -0.3 is 6.53 Å². The molecule has 6 nitrogen and oxygen atoms in total. The number of hydrogen-bond acceptors (Lipinski definition) is 5. The molecule has 1 N–H and O–H groups in total. The van der Waals surface area contributed by atoms with Gasteiger partial charge in [-0.2, -0.15) is 5.26 Å². The fourth-order valence-electron chi connectivity index (χ4n) is 1.58. The molecule has 0 heterocycles. The second kappa shape index (κ2) is 8.20. The van der Waals surface area contributed by atoms with Gasteiger partial charge >= 0.3 is 51.4 Å². The third-order valence-electron chi connectivity index (χ3n) is 2.67. The van der Waals surface area contributed by atoms with E-state index in [0.717, 1.165) is 6.07 Å². The molecule has 0 spiro atoms. The molecule has 0 aliphatic heterocycles. The van der Waals surface area contributed by atoms with Gasteiger partial charge in [0.25, 0.3) is 5.69 Å². The fourth-order valence-corrected chi connectivity index (χ4v) is 1.74. The summed E-state index contributed by atoms with van der Waals surface area (Å²) in [6.45, 7) is 4.74. The summed E-state index contributed by atoms with van der Waals surface area (Å²) < 4.78 is 0. The van der Waals surface area contributed by atoms with Gasteiger partial charge in [-0.05, 0) is 12.1 Å². The van der Waals surface area contributed by atoms with Crippen LogP contribution in [0.3, 0.4) is 0 Å². The summed E-state index contributed by atoms with van der Waals surface area (Å²) in [6, 6.07) is 5.18. The van der Waals surface area contributed by atoms with Crippen LogP contribution in [0.25, 0.3) is 5.76 Å². The minimum Gasteiger partial charge on any atom is -1.00 e. The van der Waals surface area contributed by atoms with E-state index in [1.165, 1.54) is 12.1 Å². The number of nitriles is 1. The molecular weight excluding hydrogens is 335 g/mol. The maximum absolute atomic E-state index is 12.1. The first-order valence-corrected chi connectivity index (χ1v) is 6.30. The number of hydrogen-bond donors (Lipinski definition) is 1. The van der Waals surface area contributed by atoms with Crippen LogP contribution in [0.1, 0.15) is 27.8 Å². The van der Waals surface area contributed by atoms with E-state index in [2.05, 4.69) is 0 Å². The number of benzene rings is 1. The second-order valence-corrected chi connectivity index (χ2v) is 5.77. The van der Waals surface area contributed by atoms with Gasteiger partial charge in [0.05, 0.1) is 10.5 Å². The van der Waals surface area contributed by atoms with Crippen molar-refractivity contribution in [3.05, 3.63) is 44.5 Å².